The molecule has 2 aromatic carbocycles. The fourth-order valence-corrected chi connectivity index (χ4v) is 3.09. The Kier molecular flexibility index (Phi) is 6.39. The zero-order valence-corrected chi connectivity index (χ0v) is 16.4. The van der Waals surface area contributed by atoms with Crippen molar-refractivity contribution in [3.63, 3.8) is 0 Å². The van der Waals surface area contributed by atoms with E-state index in [-0.39, 0.29) is 12.0 Å². The van der Waals surface area contributed by atoms with Gasteiger partial charge in [0.25, 0.3) is 11.5 Å². The third-order valence-electron chi connectivity index (χ3n) is 4.83. The van der Waals surface area contributed by atoms with Crippen molar-refractivity contribution in [1.29, 1.82) is 0 Å². The highest BCUT2D eigenvalue weighted by Gasteiger charge is 2.15. The van der Waals surface area contributed by atoms with Crippen LogP contribution in [0.15, 0.2) is 53.3 Å². The first-order chi connectivity index (χ1) is 14.0. The topological polar surface area (TPSA) is 101 Å². The van der Waals surface area contributed by atoms with E-state index in [9.17, 15) is 14.4 Å². The van der Waals surface area contributed by atoms with Crippen molar-refractivity contribution in [2.45, 2.75) is 32.6 Å². The van der Waals surface area contributed by atoms with Crippen LogP contribution in [-0.2, 0) is 20.7 Å². The quantitative estimate of drug-likeness (QED) is 0.601. The minimum Gasteiger partial charge on any atom is -0.455 e. The predicted octanol–water partition coefficient (Wildman–Crippen LogP) is 3.16. The molecular formula is C22H23N3O4. The van der Waals surface area contributed by atoms with E-state index in [4.69, 9.17) is 4.74 Å². The van der Waals surface area contributed by atoms with Crippen LogP contribution in [0.4, 0.5) is 5.69 Å². The number of anilines is 1. The fourth-order valence-electron chi connectivity index (χ4n) is 3.09. The van der Waals surface area contributed by atoms with Crippen LogP contribution in [0.3, 0.4) is 0 Å². The van der Waals surface area contributed by atoms with Crippen molar-refractivity contribution in [2.24, 2.45) is 0 Å². The normalized spacial score (nSPS) is 11.8. The predicted molar refractivity (Wildman–Crippen MR) is 111 cm³/mol. The van der Waals surface area contributed by atoms with E-state index in [1.54, 1.807) is 24.3 Å². The molecule has 1 amide bonds. The first-order valence-electron chi connectivity index (χ1n) is 9.50. The molecule has 0 bridgehead atoms. The van der Waals surface area contributed by atoms with Crippen LogP contribution in [-0.4, -0.2) is 28.7 Å². The monoisotopic (exact) mass is 393 g/mol. The molecule has 0 fully saturated rings. The maximum atomic E-state index is 12.2. The van der Waals surface area contributed by atoms with Gasteiger partial charge in [0, 0.05) is 11.1 Å². The number of hydrogen-bond acceptors (Lipinski definition) is 5. The zero-order chi connectivity index (χ0) is 20.8. The second kappa shape index (κ2) is 9.14. The third kappa shape index (κ3) is 4.87. The molecule has 0 saturated carbocycles. The molecule has 0 aliphatic heterocycles. The van der Waals surface area contributed by atoms with Gasteiger partial charge in [-0.3, -0.25) is 14.4 Å². The number of esters is 1. The Morgan fingerprint density at radius 2 is 1.79 bits per heavy atom. The van der Waals surface area contributed by atoms with Crippen molar-refractivity contribution in [3.05, 3.63) is 70.1 Å². The molecule has 0 saturated heterocycles. The van der Waals surface area contributed by atoms with Crippen LogP contribution in [0.25, 0.3) is 10.8 Å². The van der Waals surface area contributed by atoms with Crippen LogP contribution < -0.4 is 10.9 Å². The number of hydrogen-bond donors (Lipinski definition) is 2. The van der Waals surface area contributed by atoms with Crippen molar-refractivity contribution < 1.29 is 14.3 Å². The van der Waals surface area contributed by atoms with E-state index in [2.05, 4.69) is 29.4 Å². The van der Waals surface area contributed by atoms with Crippen molar-refractivity contribution >= 4 is 28.3 Å². The minimum atomic E-state index is -0.597. The molecule has 2 N–H and O–H groups in total. The summed E-state index contributed by atoms with van der Waals surface area (Å²) in [4.78, 5) is 36.2. The molecule has 0 aliphatic carbocycles. The first kappa shape index (κ1) is 20.3. The Labute approximate surface area is 168 Å². The summed E-state index contributed by atoms with van der Waals surface area (Å²) in [5.74, 6) is -0.706. The summed E-state index contributed by atoms with van der Waals surface area (Å²) in [6.07, 6.45) is 0.802. The molecule has 0 aliphatic rings. The van der Waals surface area contributed by atoms with Crippen molar-refractivity contribution in [2.75, 3.05) is 11.9 Å². The van der Waals surface area contributed by atoms with Crippen LogP contribution in [0, 0.1) is 0 Å². The van der Waals surface area contributed by atoms with Gasteiger partial charge in [0.2, 0.25) is 0 Å². The minimum absolute atomic E-state index is 0.145. The molecular weight excluding hydrogens is 370 g/mol. The Bertz CT molecular complexity index is 1090. The maximum absolute atomic E-state index is 12.2. The SMILES string of the molecule is CC[C@H](C)c1ccccc1NC(=O)COC(=O)Cc1n[nH]c(=O)c2ccccc12. The number of nitrogens with one attached hydrogen (secondary N) is 2. The Morgan fingerprint density at radius 3 is 2.55 bits per heavy atom. The van der Waals surface area contributed by atoms with E-state index >= 15 is 0 Å². The van der Waals surface area contributed by atoms with E-state index in [0.29, 0.717) is 22.4 Å². The molecule has 0 unspecified atom stereocenters. The molecule has 0 spiro atoms. The Balaban J connectivity index is 1.61. The molecule has 7 nitrogen and oxygen atoms in total. The zero-order valence-electron chi connectivity index (χ0n) is 16.4. The Morgan fingerprint density at radius 1 is 1.10 bits per heavy atom. The van der Waals surface area contributed by atoms with Crippen LogP contribution in [0.2, 0.25) is 0 Å². The number of carbonyl (C=O) groups is 2. The third-order valence-corrected chi connectivity index (χ3v) is 4.83. The van der Waals surface area contributed by atoms with Gasteiger partial charge in [-0.15, -0.1) is 0 Å². The number of aromatic nitrogens is 2. The number of ether oxygens (including phenoxy) is 1. The second-order valence-electron chi connectivity index (χ2n) is 6.83. The summed E-state index contributed by atoms with van der Waals surface area (Å²) >= 11 is 0. The largest absolute Gasteiger partial charge is 0.455 e. The second-order valence-corrected chi connectivity index (χ2v) is 6.83. The highest BCUT2D eigenvalue weighted by Crippen LogP contribution is 2.26. The molecule has 3 aromatic rings. The molecule has 7 heteroatoms. The summed E-state index contributed by atoms with van der Waals surface area (Å²) < 4.78 is 5.10. The number of carbonyl (C=O) groups excluding carboxylic acids is 2. The molecule has 1 aromatic heterocycles. The first-order valence-corrected chi connectivity index (χ1v) is 9.50. The molecule has 1 atom stereocenters. The van der Waals surface area contributed by atoms with Gasteiger partial charge in [-0.1, -0.05) is 50.2 Å². The van der Waals surface area contributed by atoms with Gasteiger partial charge in [-0.25, -0.2) is 5.10 Å². The number of H-pyrrole nitrogens is 1. The lowest BCUT2D eigenvalue weighted by molar-refractivity contribution is -0.146. The highest BCUT2D eigenvalue weighted by molar-refractivity contribution is 5.94. The average molecular weight is 393 g/mol. The van der Waals surface area contributed by atoms with Crippen LogP contribution in [0.5, 0.6) is 0 Å². The average Bonchev–Trinajstić information content (AvgIpc) is 2.74. The van der Waals surface area contributed by atoms with E-state index in [0.717, 1.165) is 17.7 Å². The number of benzene rings is 2. The molecule has 1 heterocycles. The van der Waals surface area contributed by atoms with Gasteiger partial charge in [-0.2, -0.15) is 5.10 Å². The van der Waals surface area contributed by atoms with E-state index < -0.39 is 18.5 Å². The number of amides is 1. The number of rotatable bonds is 7. The van der Waals surface area contributed by atoms with E-state index in [1.807, 2.05) is 24.3 Å². The van der Waals surface area contributed by atoms with Crippen LogP contribution in [0.1, 0.15) is 37.4 Å². The molecule has 150 valence electrons. The Hall–Kier alpha value is -3.48. The molecule has 3 rings (SSSR count). The number of nitrogens with zero attached hydrogens (tertiary/aromatic N) is 1. The molecule has 29 heavy (non-hydrogen) atoms. The lowest BCUT2D eigenvalue weighted by Crippen LogP contribution is -2.23. The van der Waals surface area contributed by atoms with Crippen molar-refractivity contribution in [1.82, 2.24) is 10.2 Å². The number of para-hydroxylation sites is 1. The summed E-state index contributed by atoms with van der Waals surface area (Å²) in [6, 6.07) is 14.5. The summed E-state index contributed by atoms with van der Waals surface area (Å²) in [7, 11) is 0. The maximum Gasteiger partial charge on any atom is 0.312 e. The summed E-state index contributed by atoms with van der Waals surface area (Å²) in [5, 5.41) is 10.2. The van der Waals surface area contributed by atoms with Gasteiger partial charge >= 0.3 is 5.97 Å². The van der Waals surface area contributed by atoms with Gasteiger partial charge < -0.3 is 10.1 Å². The van der Waals surface area contributed by atoms with Gasteiger partial charge in [0.1, 0.15) is 0 Å². The lowest BCUT2D eigenvalue weighted by Gasteiger charge is -2.15. The van der Waals surface area contributed by atoms with Gasteiger partial charge in [0.15, 0.2) is 6.61 Å². The van der Waals surface area contributed by atoms with Crippen molar-refractivity contribution in [3.8, 4) is 0 Å². The lowest BCUT2D eigenvalue weighted by atomic mass is 9.97. The molecule has 0 radical (unpaired) electrons. The fraction of sp³-hybridized carbons (Fsp3) is 0.273. The van der Waals surface area contributed by atoms with Crippen LogP contribution >= 0.6 is 0 Å². The summed E-state index contributed by atoms with van der Waals surface area (Å²) in [5.41, 5.74) is 1.83. The smallest absolute Gasteiger partial charge is 0.312 e. The van der Waals surface area contributed by atoms with Gasteiger partial charge in [-0.05, 0) is 30.0 Å². The number of aromatic amines is 1. The highest BCUT2D eigenvalue weighted by atomic mass is 16.5. The number of fused-ring (bicyclic) bond motifs is 1. The standard InChI is InChI=1S/C22H23N3O4/c1-3-14(2)15-8-6-7-11-18(15)23-20(26)13-29-21(27)12-19-16-9-4-5-10-17(16)22(28)25-24-19/h4-11,14H,3,12-13H2,1-2H3,(H,23,26)(H,25,28)/t14-/m0/s1. The van der Waals surface area contributed by atoms with Gasteiger partial charge in [0.05, 0.1) is 17.5 Å². The summed E-state index contributed by atoms with van der Waals surface area (Å²) in [6.45, 7) is 3.78. The van der Waals surface area contributed by atoms with E-state index in [1.165, 1.54) is 0 Å².